The standard InChI is InChI=1S/C10H18ClN3OS/c1-16-7-5-3-2-4-6-12-10-14-13-9(8-11)15-10/h2-8H2,1H3,(H,12,14). The van der Waals surface area contributed by atoms with Gasteiger partial charge in [-0.3, -0.25) is 0 Å². The number of aromatic nitrogens is 2. The van der Waals surface area contributed by atoms with Gasteiger partial charge < -0.3 is 9.73 Å². The minimum absolute atomic E-state index is 0.267. The Morgan fingerprint density at radius 3 is 2.75 bits per heavy atom. The summed E-state index contributed by atoms with van der Waals surface area (Å²) in [4.78, 5) is 0. The molecule has 1 aromatic heterocycles. The molecule has 0 aliphatic carbocycles. The molecule has 1 heterocycles. The van der Waals surface area contributed by atoms with E-state index in [0.717, 1.165) is 13.0 Å². The quantitative estimate of drug-likeness (QED) is 0.548. The smallest absolute Gasteiger partial charge is 0.315 e. The Hall–Kier alpha value is -0.420. The summed E-state index contributed by atoms with van der Waals surface area (Å²) in [6, 6.07) is 0.472. The number of nitrogens with one attached hydrogen (secondary N) is 1. The van der Waals surface area contributed by atoms with Gasteiger partial charge in [-0.15, -0.1) is 16.7 Å². The van der Waals surface area contributed by atoms with E-state index in [1.54, 1.807) is 0 Å². The van der Waals surface area contributed by atoms with Crippen molar-refractivity contribution in [2.24, 2.45) is 0 Å². The van der Waals surface area contributed by atoms with E-state index >= 15 is 0 Å². The molecule has 16 heavy (non-hydrogen) atoms. The fourth-order valence-electron chi connectivity index (χ4n) is 1.30. The maximum absolute atomic E-state index is 5.55. The Labute approximate surface area is 106 Å². The lowest BCUT2D eigenvalue weighted by Crippen LogP contribution is -2.01. The Kier molecular flexibility index (Phi) is 7.42. The molecule has 4 nitrogen and oxygen atoms in total. The number of hydrogen-bond donors (Lipinski definition) is 1. The molecule has 0 aliphatic heterocycles. The van der Waals surface area contributed by atoms with Crippen molar-refractivity contribution in [3.63, 3.8) is 0 Å². The lowest BCUT2D eigenvalue weighted by molar-refractivity contribution is 0.523. The number of anilines is 1. The first-order chi connectivity index (χ1) is 7.86. The summed E-state index contributed by atoms with van der Waals surface area (Å²) in [6.07, 6.45) is 7.11. The predicted molar refractivity (Wildman–Crippen MR) is 69.2 cm³/mol. The molecule has 6 heteroatoms. The lowest BCUT2D eigenvalue weighted by Gasteiger charge is -2.01. The molecule has 0 aromatic carbocycles. The van der Waals surface area contributed by atoms with Gasteiger partial charge in [-0.1, -0.05) is 17.9 Å². The van der Waals surface area contributed by atoms with Crippen LogP contribution in [0.4, 0.5) is 6.01 Å². The summed E-state index contributed by atoms with van der Waals surface area (Å²) >= 11 is 7.45. The molecular weight excluding hydrogens is 246 g/mol. The van der Waals surface area contributed by atoms with Crippen molar-refractivity contribution in [2.45, 2.75) is 31.6 Å². The summed E-state index contributed by atoms with van der Waals surface area (Å²) < 4.78 is 5.21. The van der Waals surface area contributed by atoms with Crippen LogP contribution in [0, 0.1) is 0 Å². The fourth-order valence-corrected chi connectivity index (χ4v) is 1.90. The second-order valence-corrected chi connectivity index (χ2v) is 4.72. The average molecular weight is 264 g/mol. The number of nitrogens with zero attached hydrogens (tertiary/aromatic N) is 2. The lowest BCUT2D eigenvalue weighted by atomic mass is 10.2. The molecule has 0 spiro atoms. The third kappa shape index (κ3) is 5.61. The van der Waals surface area contributed by atoms with Crippen LogP contribution in [0.15, 0.2) is 4.42 Å². The Morgan fingerprint density at radius 2 is 2.06 bits per heavy atom. The number of halogens is 1. The maximum Gasteiger partial charge on any atom is 0.315 e. The van der Waals surface area contributed by atoms with E-state index in [1.807, 2.05) is 11.8 Å². The van der Waals surface area contributed by atoms with Crippen molar-refractivity contribution in [1.29, 1.82) is 0 Å². The van der Waals surface area contributed by atoms with Gasteiger partial charge in [0.25, 0.3) is 0 Å². The second-order valence-electron chi connectivity index (χ2n) is 3.47. The van der Waals surface area contributed by atoms with E-state index < -0.39 is 0 Å². The third-order valence-corrected chi connectivity index (χ3v) is 3.06. The van der Waals surface area contributed by atoms with Gasteiger partial charge in [0.2, 0.25) is 5.89 Å². The summed E-state index contributed by atoms with van der Waals surface area (Å²) in [5.41, 5.74) is 0. The maximum atomic E-state index is 5.55. The van der Waals surface area contributed by atoms with E-state index in [-0.39, 0.29) is 5.88 Å². The highest BCUT2D eigenvalue weighted by atomic mass is 35.5. The number of rotatable bonds is 9. The molecule has 0 unspecified atom stereocenters. The first kappa shape index (κ1) is 13.6. The Balaban J connectivity index is 1.98. The van der Waals surface area contributed by atoms with Crippen LogP contribution in [0.2, 0.25) is 0 Å². The van der Waals surface area contributed by atoms with Gasteiger partial charge in [0.15, 0.2) is 0 Å². The molecule has 0 bridgehead atoms. The van der Waals surface area contributed by atoms with Crippen LogP contribution in [0.25, 0.3) is 0 Å². The fraction of sp³-hybridized carbons (Fsp3) is 0.800. The highest BCUT2D eigenvalue weighted by Crippen LogP contribution is 2.08. The summed E-state index contributed by atoms with van der Waals surface area (Å²) in [5, 5.41) is 10.7. The molecule has 92 valence electrons. The Morgan fingerprint density at radius 1 is 1.25 bits per heavy atom. The van der Waals surface area contributed by atoms with E-state index in [4.69, 9.17) is 16.0 Å². The molecule has 0 fully saturated rings. The molecule has 1 rings (SSSR count). The minimum Gasteiger partial charge on any atom is -0.407 e. The van der Waals surface area contributed by atoms with Gasteiger partial charge in [-0.25, -0.2) is 0 Å². The number of alkyl halides is 1. The van der Waals surface area contributed by atoms with Crippen molar-refractivity contribution in [2.75, 3.05) is 23.9 Å². The van der Waals surface area contributed by atoms with Gasteiger partial charge in [0, 0.05) is 6.54 Å². The van der Waals surface area contributed by atoms with Crippen molar-refractivity contribution < 1.29 is 4.42 Å². The summed E-state index contributed by atoms with van der Waals surface area (Å²) in [7, 11) is 0. The molecule has 0 saturated carbocycles. The third-order valence-electron chi connectivity index (χ3n) is 2.13. The van der Waals surface area contributed by atoms with Gasteiger partial charge in [0.05, 0.1) is 0 Å². The second kappa shape index (κ2) is 8.70. The van der Waals surface area contributed by atoms with Crippen LogP contribution in [0.3, 0.4) is 0 Å². The molecule has 0 aliphatic rings. The molecule has 0 amide bonds. The zero-order valence-corrected chi connectivity index (χ0v) is 11.1. The molecule has 0 radical (unpaired) electrons. The van der Waals surface area contributed by atoms with Crippen LogP contribution < -0.4 is 5.32 Å². The minimum atomic E-state index is 0.267. The van der Waals surface area contributed by atoms with Crippen molar-refractivity contribution in [1.82, 2.24) is 10.2 Å². The van der Waals surface area contributed by atoms with Crippen LogP contribution in [-0.4, -0.2) is 28.8 Å². The molecule has 1 N–H and O–H groups in total. The first-order valence-electron chi connectivity index (χ1n) is 5.48. The summed E-state index contributed by atoms with van der Waals surface area (Å²) in [6.45, 7) is 0.878. The van der Waals surface area contributed by atoms with Gasteiger partial charge in [-0.2, -0.15) is 11.8 Å². The van der Waals surface area contributed by atoms with E-state index in [9.17, 15) is 0 Å². The highest BCUT2D eigenvalue weighted by Gasteiger charge is 2.02. The van der Waals surface area contributed by atoms with Crippen LogP contribution in [-0.2, 0) is 5.88 Å². The van der Waals surface area contributed by atoms with Crippen molar-refractivity contribution in [3.8, 4) is 0 Å². The van der Waals surface area contributed by atoms with Crippen molar-refractivity contribution in [3.05, 3.63) is 5.89 Å². The number of hydrogen-bond acceptors (Lipinski definition) is 5. The molecule has 0 atom stereocenters. The highest BCUT2D eigenvalue weighted by molar-refractivity contribution is 7.98. The Bertz CT molecular complexity index is 283. The number of thioether (sulfide) groups is 1. The zero-order valence-electron chi connectivity index (χ0n) is 9.54. The van der Waals surface area contributed by atoms with Crippen molar-refractivity contribution >= 4 is 29.4 Å². The first-order valence-corrected chi connectivity index (χ1v) is 7.41. The average Bonchev–Trinajstić information content (AvgIpc) is 2.76. The normalized spacial score (nSPS) is 10.6. The topological polar surface area (TPSA) is 51.0 Å². The number of unbranched alkanes of at least 4 members (excludes halogenated alkanes) is 3. The van der Waals surface area contributed by atoms with Crippen LogP contribution in [0.1, 0.15) is 31.6 Å². The summed E-state index contributed by atoms with van der Waals surface area (Å²) in [5.74, 6) is 1.99. The SMILES string of the molecule is CSCCCCCCNc1nnc(CCl)o1. The van der Waals surface area contributed by atoms with Gasteiger partial charge in [0.1, 0.15) is 5.88 Å². The van der Waals surface area contributed by atoms with E-state index in [0.29, 0.717) is 11.9 Å². The van der Waals surface area contributed by atoms with Gasteiger partial charge in [-0.05, 0) is 24.9 Å². The molecular formula is C10H18ClN3OS. The van der Waals surface area contributed by atoms with E-state index in [2.05, 4.69) is 21.8 Å². The molecule has 1 aromatic rings. The van der Waals surface area contributed by atoms with Gasteiger partial charge >= 0.3 is 6.01 Å². The monoisotopic (exact) mass is 263 g/mol. The van der Waals surface area contributed by atoms with Crippen LogP contribution in [0.5, 0.6) is 0 Å². The largest absolute Gasteiger partial charge is 0.407 e. The molecule has 0 saturated heterocycles. The van der Waals surface area contributed by atoms with Crippen LogP contribution >= 0.6 is 23.4 Å². The zero-order chi connectivity index (χ0) is 11.6. The predicted octanol–water partition coefficient (Wildman–Crippen LogP) is 3.14. The van der Waals surface area contributed by atoms with E-state index in [1.165, 1.54) is 25.0 Å².